The highest BCUT2D eigenvalue weighted by molar-refractivity contribution is 6.33. The van der Waals surface area contributed by atoms with Crippen LogP contribution in [0, 0.1) is 12.3 Å². The van der Waals surface area contributed by atoms with Crippen molar-refractivity contribution in [3.05, 3.63) is 35.1 Å². The molecule has 0 aliphatic heterocycles. The number of nitrogen functional groups attached to an aromatic ring is 1. The van der Waals surface area contributed by atoms with Crippen LogP contribution in [-0.2, 0) is 6.54 Å². The Morgan fingerprint density at radius 3 is 2.68 bits per heavy atom. The largest absolute Gasteiger partial charge is 0.383 e. The fraction of sp³-hybridized carbons (Fsp3) is 0.267. The molecule has 2 N–H and O–H groups in total. The summed E-state index contributed by atoms with van der Waals surface area (Å²) < 4.78 is 1.86. The van der Waals surface area contributed by atoms with Crippen LogP contribution in [0.4, 0.5) is 5.82 Å². The molecule has 0 bridgehead atoms. The minimum absolute atomic E-state index is 0.242. The Morgan fingerprint density at radius 1 is 1.42 bits per heavy atom. The number of terminal acetylenes is 1. The summed E-state index contributed by atoms with van der Waals surface area (Å²) in [6.07, 6.45) is 5.40. The molecule has 4 heteroatoms. The van der Waals surface area contributed by atoms with E-state index in [-0.39, 0.29) is 5.92 Å². The van der Waals surface area contributed by atoms with E-state index in [9.17, 15) is 0 Å². The second-order valence-electron chi connectivity index (χ2n) is 4.63. The molecular formula is C15H16ClN3. The number of hydrogen-bond donors (Lipinski definition) is 1. The second-order valence-corrected chi connectivity index (χ2v) is 5.04. The summed E-state index contributed by atoms with van der Waals surface area (Å²) in [4.78, 5) is 4.62. The van der Waals surface area contributed by atoms with Crippen LogP contribution in [0.5, 0.6) is 0 Å². The highest BCUT2D eigenvalue weighted by atomic mass is 35.5. The smallest absolute Gasteiger partial charge is 0.132 e. The SMILES string of the molecule is C#CCn1c(C(C)C)nc(-c2ccccc2Cl)c1N. The van der Waals surface area contributed by atoms with E-state index in [0.29, 0.717) is 23.1 Å². The van der Waals surface area contributed by atoms with Crippen LogP contribution in [0.25, 0.3) is 11.3 Å². The molecule has 0 aliphatic carbocycles. The summed E-state index contributed by atoms with van der Waals surface area (Å²) in [6, 6.07) is 7.52. The third kappa shape index (κ3) is 2.45. The average Bonchev–Trinajstić information content (AvgIpc) is 2.69. The van der Waals surface area contributed by atoms with Gasteiger partial charge in [-0.15, -0.1) is 6.42 Å². The molecule has 0 amide bonds. The molecule has 3 nitrogen and oxygen atoms in total. The predicted molar refractivity (Wildman–Crippen MR) is 80.0 cm³/mol. The van der Waals surface area contributed by atoms with Crippen molar-refractivity contribution < 1.29 is 0 Å². The van der Waals surface area contributed by atoms with Crippen molar-refractivity contribution in [3.63, 3.8) is 0 Å². The second kappa shape index (κ2) is 5.38. The molecule has 0 unspecified atom stereocenters. The molecule has 0 atom stereocenters. The topological polar surface area (TPSA) is 43.8 Å². The summed E-state index contributed by atoms with van der Waals surface area (Å²) in [5.41, 5.74) is 7.71. The van der Waals surface area contributed by atoms with Gasteiger partial charge in [-0.1, -0.05) is 49.6 Å². The number of benzene rings is 1. The fourth-order valence-corrected chi connectivity index (χ4v) is 2.26. The molecule has 1 aromatic carbocycles. The van der Waals surface area contributed by atoms with Crippen molar-refractivity contribution >= 4 is 17.4 Å². The maximum atomic E-state index is 6.20. The molecule has 2 rings (SSSR count). The van der Waals surface area contributed by atoms with Gasteiger partial charge in [-0.05, 0) is 6.07 Å². The molecule has 0 fully saturated rings. The van der Waals surface area contributed by atoms with Gasteiger partial charge in [-0.3, -0.25) is 0 Å². The third-order valence-corrected chi connectivity index (χ3v) is 3.26. The van der Waals surface area contributed by atoms with E-state index in [0.717, 1.165) is 11.4 Å². The van der Waals surface area contributed by atoms with Crippen LogP contribution < -0.4 is 5.73 Å². The van der Waals surface area contributed by atoms with Crippen LogP contribution in [0.1, 0.15) is 25.6 Å². The lowest BCUT2D eigenvalue weighted by molar-refractivity contribution is 0.691. The molecular weight excluding hydrogens is 258 g/mol. The number of aromatic nitrogens is 2. The number of imidazole rings is 1. The van der Waals surface area contributed by atoms with Crippen molar-refractivity contribution in [1.29, 1.82) is 0 Å². The van der Waals surface area contributed by atoms with Crippen LogP contribution in [-0.4, -0.2) is 9.55 Å². The van der Waals surface area contributed by atoms with E-state index in [1.54, 1.807) is 0 Å². The first-order valence-electron chi connectivity index (χ1n) is 6.10. The number of halogens is 1. The van der Waals surface area contributed by atoms with Gasteiger partial charge in [0.15, 0.2) is 0 Å². The standard InChI is InChI=1S/C15H16ClN3/c1-4-9-19-14(17)13(18-15(19)10(2)3)11-7-5-6-8-12(11)16/h1,5-8,10H,9,17H2,2-3H3. The summed E-state index contributed by atoms with van der Waals surface area (Å²) >= 11 is 6.20. The highest BCUT2D eigenvalue weighted by Gasteiger charge is 2.19. The number of rotatable bonds is 3. The Balaban J connectivity index is 2.63. The molecule has 0 radical (unpaired) electrons. The first-order chi connectivity index (χ1) is 9.06. The molecule has 0 saturated heterocycles. The Labute approximate surface area is 118 Å². The lowest BCUT2D eigenvalue weighted by atomic mass is 10.1. The van der Waals surface area contributed by atoms with Crippen molar-refractivity contribution in [3.8, 4) is 23.6 Å². The Kier molecular flexibility index (Phi) is 3.82. The van der Waals surface area contributed by atoms with E-state index in [1.807, 2.05) is 28.8 Å². The molecule has 0 spiro atoms. The maximum absolute atomic E-state index is 6.20. The Hall–Kier alpha value is -1.92. The van der Waals surface area contributed by atoms with Gasteiger partial charge in [-0.2, -0.15) is 0 Å². The van der Waals surface area contributed by atoms with Gasteiger partial charge in [0.1, 0.15) is 17.3 Å². The molecule has 1 aromatic heterocycles. The average molecular weight is 274 g/mol. The van der Waals surface area contributed by atoms with Crippen molar-refractivity contribution in [2.45, 2.75) is 26.3 Å². The van der Waals surface area contributed by atoms with Crippen LogP contribution in [0.3, 0.4) is 0 Å². The quantitative estimate of drug-likeness (QED) is 0.869. The monoisotopic (exact) mass is 273 g/mol. The minimum atomic E-state index is 0.242. The molecule has 98 valence electrons. The zero-order chi connectivity index (χ0) is 14.0. The molecule has 1 heterocycles. The van der Waals surface area contributed by atoms with Crippen LogP contribution in [0.15, 0.2) is 24.3 Å². The summed E-state index contributed by atoms with van der Waals surface area (Å²) in [5.74, 6) is 4.30. The third-order valence-electron chi connectivity index (χ3n) is 2.93. The Morgan fingerprint density at radius 2 is 2.11 bits per heavy atom. The van der Waals surface area contributed by atoms with Crippen LogP contribution >= 0.6 is 11.6 Å². The van der Waals surface area contributed by atoms with E-state index in [2.05, 4.69) is 24.8 Å². The lowest BCUT2D eigenvalue weighted by Gasteiger charge is -2.08. The predicted octanol–water partition coefficient (Wildman–Crippen LogP) is 3.54. The van der Waals surface area contributed by atoms with Gasteiger partial charge in [0.2, 0.25) is 0 Å². The molecule has 0 aliphatic rings. The minimum Gasteiger partial charge on any atom is -0.383 e. The molecule has 19 heavy (non-hydrogen) atoms. The zero-order valence-corrected chi connectivity index (χ0v) is 11.8. The first-order valence-corrected chi connectivity index (χ1v) is 6.48. The first kappa shape index (κ1) is 13.5. The van der Waals surface area contributed by atoms with E-state index < -0.39 is 0 Å². The summed E-state index contributed by atoms with van der Waals surface area (Å²) in [7, 11) is 0. The van der Waals surface area contributed by atoms with Crippen molar-refractivity contribution in [2.75, 3.05) is 5.73 Å². The molecule has 2 aromatic rings. The number of anilines is 1. The van der Waals surface area contributed by atoms with Gasteiger partial charge in [-0.25, -0.2) is 4.98 Å². The van der Waals surface area contributed by atoms with E-state index in [1.165, 1.54) is 0 Å². The normalized spacial score (nSPS) is 10.7. The number of hydrogen-bond acceptors (Lipinski definition) is 2. The van der Waals surface area contributed by atoms with E-state index in [4.69, 9.17) is 23.8 Å². The number of nitrogens with two attached hydrogens (primary N) is 1. The number of nitrogens with zero attached hydrogens (tertiary/aromatic N) is 2. The van der Waals surface area contributed by atoms with E-state index >= 15 is 0 Å². The highest BCUT2D eigenvalue weighted by Crippen LogP contribution is 2.33. The zero-order valence-electron chi connectivity index (χ0n) is 11.0. The van der Waals surface area contributed by atoms with Crippen molar-refractivity contribution in [1.82, 2.24) is 9.55 Å². The van der Waals surface area contributed by atoms with Gasteiger partial charge >= 0.3 is 0 Å². The van der Waals surface area contributed by atoms with Gasteiger partial charge in [0.05, 0.1) is 11.6 Å². The molecule has 0 saturated carbocycles. The Bertz CT molecular complexity index is 635. The summed E-state index contributed by atoms with van der Waals surface area (Å²) in [5, 5.41) is 0.634. The van der Waals surface area contributed by atoms with Gasteiger partial charge in [0, 0.05) is 11.5 Å². The fourth-order valence-electron chi connectivity index (χ4n) is 2.03. The van der Waals surface area contributed by atoms with Crippen LogP contribution in [0.2, 0.25) is 5.02 Å². The summed E-state index contributed by atoms with van der Waals surface area (Å²) in [6.45, 7) is 4.53. The maximum Gasteiger partial charge on any atom is 0.132 e. The van der Waals surface area contributed by atoms with Gasteiger partial charge < -0.3 is 10.3 Å². The van der Waals surface area contributed by atoms with Gasteiger partial charge in [0.25, 0.3) is 0 Å². The lowest BCUT2D eigenvalue weighted by Crippen LogP contribution is -2.07. The van der Waals surface area contributed by atoms with Crippen molar-refractivity contribution in [2.24, 2.45) is 0 Å².